The Kier molecular flexibility index (Phi) is 5.13. The molecule has 0 radical (unpaired) electrons. The summed E-state index contributed by atoms with van der Waals surface area (Å²) < 4.78 is 13.7. The summed E-state index contributed by atoms with van der Waals surface area (Å²) in [5, 5.41) is 4.44. The van der Waals surface area contributed by atoms with Crippen molar-refractivity contribution in [3.63, 3.8) is 0 Å². The molecule has 1 fully saturated rings. The summed E-state index contributed by atoms with van der Waals surface area (Å²) in [6.07, 6.45) is 4.58. The highest BCUT2D eigenvalue weighted by Crippen LogP contribution is 2.43. The molecule has 2 aromatic heterocycles. The van der Waals surface area contributed by atoms with Crippen molar-refractivity contribution in [2.45, 2.75) is 58.7 Å². The molecule has 0 atom stereocenters. The van der Waals surface area contributed by atoms with Gasteiger partial charge in [0.05, 0.1) is 5.69 Å². The lowest BCUT2D eigenvalue weighted by molar-refractivity contribution is -0.0298. The standard InChI is InChI=1S/C18H22N4O3.C2H6/c1-17(2,3)25-16(23)21-11-7-18(8-12-21)14-6-10-20-22(14)13-5-4-9-19-15(13)24-18;1-2/h4-6,9-10H,7-8,11-12H2,1-3H3;1-2H3. The van der Waals surface area contributed by atoms with E-state index in [1.165, 1.54) is 0 Å². The fourth-order valence-corrected chi connectivity index (χ4v) is 3.43. The number of fused-ring (bicyclic) bond motifs is 4. The van der Waals surface area contributed by atoms with Crippen molar-refractivity contribution in [3.8, 4) is 11.6 Å². The van der Waals surface area contributed by atoms with Gasteiger partial charge in [0.15, 0.2) is 5.60 Å². The van der Waals surface area contributed by atoms with Crippen LogP contribution in [0.4, 0.5) is 4.79 Å². The van der Waals surface area contributed by atoms with Crippen molar-refractivity contribution < 1.29 is 14.3 Å². The maximum Gasteiger partial charge on any atom is 0.410 e. The molecule has 0 aliphatic carbocycles. The largest absolute Gasteiger partial charge is 0.463 e. The highest BCUT2D eigenvalue weighted by atomic mass is 16.6. The third-order valence-electron chi connectivity index (χ3n) is 4.60. The van der Waals surface area contributed by atoms with Crippen LogP contribution in [-0.2, 0) is 10.3 Å². The van der Waals surface area contributed by atoms with Crippen LogP contribution in [0.25, 0.3) is 5.69 Å². The van der Waals surface area contributed by atoms with Crippen molar-refractivity contribution in [1.82, 2.24) is 19.7 Å². The van der Waals surface area contributed by atoms with E-state index >= 15 is 0 Å². The molecule has 2 aliphatic rings. The van der Waals surface area contributed by atoms with Gasteiger partial charge in [-0.05, 0) is 39.0 Å². The lowest BCUT2D eigenvalue weighted by Gasteiger charge is -2.43. The zero-order chi connectivity index (χ0) is 19.7. The Morgan fingerprint density at radius 3 is 2.56 bits per heavy atom. The number of aromatic nitrogens is 3. The van der Waals surface area contributed by atoms with Crippen molar-refractivity contribution in [3.05, 3.63) is 36.3 Å². The van der Waals surface area contributed by atoms with Crippen LogP contribution >= 0.6 is 0 Å². The molecular formula is C20H28N4O3. The number of likely N-dealkylation sites (tertiary alicyclic amines) is 1. The molecule has 0 N–H and O–H groups in total. The van der Waals surface area contributed by atoms with Crippen molar-refractivity contribution >= 4 is 6.09 Å². The second-order valence-electron chi connectivity index (χ2n) is 7.52. The van der Waals surface area contributed by atoms with Crippen LogP contribution in [0.5, 0.6) is 5.88 Å². The van der Waals surface area contributed by atoms with Crippen LogP contribution in [0.2, 0.25) is 0 Å². The fraction of sp³-hybridized carbons (Fsp3) is 0.550. The highest BCUT2D eigenvalue weighted by molar-refractivity contribution is 5.68. The van der Waals surface area contributed by atoms with Crippen LogP contribution in [0.15, 0.2) is 30.6 Å². The number of nitrogens with zero attached hydrogens (tertiary/aromatic N) is 4. The zero-order valence-corrected chi connectivity index (χ0v) is 16.7. The third-order valence-corrected chi connectivity index (χ3v) is 4.60. The van der Waals surface area contributed by atoms with E-state index in [0.29, 0.717) is 31.8 Å². The normalized spacial score (nSPS) is 17.1. The van der Waals surface area contributed by atoms with E-state index in [0.717, 1.165) is 11.4 Å². The number of hydrogen-bond donors (Lipinski definition) is 0. The van der Waals surface area contributed by atoms with Gasteiger partial charge in [-0.25, -0.2) is 14.5 Å². The SMILES string of the molecule is CC.CC(C)(C)OC(=O)N1CCC2(CC1)Oc1ncccc1-n1nccc12. The molecular weight excluding hydrogens is 344 g/mol. The number of carbonyl (C=O) groups is 1. The minimum absolute atomic E-state index is 0.273. The molecule has 27 heavy (non-hydrogen) atoms. The summed E-state index contributed by atoms with van der Waals surface area (Å²) in [5.74, 6) is 0.587. The van der Waals surface area contributed by atoms with E-state index in [4.69, 9.17) is 9.47 Å². The number of rotatable bonds is 0. The molecule has 2 aliphatic heterocycles. The molecule has 4 rings (SSSR count). The topological polar surface area (TPSA) is 69.5 Å². The Morgan fingerprint density at radius 1 is 1.19 bits per heavy atom. The van der Waals surface area contributed by atoms with E-state index in [1.807, 2.05) is 57.5 Å². The van der Waals surface area contributed by atoms with E-state index < -0.39 is 11.2 Å². The van der Waals surface area contributed by atoms with Gasteiger partial charge in [-0.3, -0.25) is 0 Å². The molecule has 0 saturated carbocycles. The first kappa shape index (κ1) is 19.2. The van der Waals surface area contributed by atoms with Gasteiger partial charge in [0.1, 0.15) is 11.3 Å². The number of hydrogen-bond acceptors (Lipinski definition) is 5. The smallest absolute Gasteiger partial charge is 0.410 e. The first-order valence-electron chi connectivity index (χ1n) is 9.55. The number of ether oxygens (including phenoxy) is 2. The van der Waals surface area contributed by atoms with Gasteiger partial charge in [0.2, 0.25) is 5.88 Å². The van der Waals surface area contributed by atoms with Gasteiger partial charge in [-0.1, -0.05) is 13.8 Å². The molecule has 4 heterocycles. The summed E-state index contributed by atoms with van der Waals surface area (Å²) in [6, 6.07) is 5.80. The molecule has 1 amide bonds. The molecule has 0 unspecified atom stereocenters. The Balaban J connectivity index is 0.00000102. The first-order chi connectivity index (χ1) is 12.9. The summed E-state index contributed by atoms with van der Waals surface area (Å²) in [7, 11) is 0. The molecule has 0 aromatic carbocycles. The monoisotopic (exact) mass is 372 g/mol. The van der Waals surface area contributed by atoms with Crippen LogP contribution in [0.1, 0.15) is 53.2 Å². The number of piperidine rings is 1. The number of amides is 1. The van der Waals surface area contributed by atoms with Gasteiger partial charge >= 0.3 is 6.09 Å². The average molecular weight is 372 g/mol. The van der Waals surface area contributed by atoms with Gasteiger partial charge in [-0.2, -0.15) is 5.10 Å². The Bertz CT molecular complexity index is 802. The van der Waals surface area contributed by atoms with Crippen LogP contribution < -0.4 is 4.74 Å². The van der Waals surface area contributed by atoms with E-state index in [1.54, 1.807) is 17.3 Å². The summed E-state index contributed by atoms with van der Waals surface area (Å²) in [4.78, 5) is 18.4. The minimum Gasteiger partial charge on any atom is -0.463 e. The second-order valence-corrected chi connectivity index (χ2v) is 7.52. The molecule has 2 aromatic rings. The first-order valence-corrected chi connectivity index (χ1v) is 9.55. The summed E-state index contributed by atoms with van der Waals surface area (Å²) in [5.41, 5.74) is 0.866. The highest BCUT2D eigenvalue weighted by Gasteiger charge is 2.46. The molecule has 7 heteroatoms. The maximum atomic E-state index is 12.3. The lowest BCUT2D eigenvalue weighted by atomic mass is 9.87. The van der Waals surface area contributed by atoms with Crippen molar-refractivity contribution in [2.24, 2.45) is 0 Å². The predicted octanol–water partition coefficient (Wildman–Crippen LogP) is 3.91. The Hall–Kier alpha value is -2.57. The maximum absolute atomic E-state index is 12.3. The van der Waals surface area contributed by atoms with Gasteiger partial charge in [0, 0.05) is 38.3 Å². The van der Waals surface area contributed by atoms with Crippen LogP contribution in [0, 0.1) is 0 Å². The molecule has 0 bridgehead atoms. The quantitative estimate of drug-likeness (QED) is 0.701. The molecule has 1 saturated heterocycles. The molecule has 1 spiro atoms. The van der Waals surface area contributed by atoms with E-state index in [9.17, 15) is 4.79 Å². The second kappa shape index (κ2) is 7.21. The molecule has 7 nitrogen and oxygen atoms in total. The average Bonchev–Trinajstić information content (AvgIpc) is 3.14. The zero-order valence-electron chi connectivity index (χ0n) is 16.7. The minimum atomic E-state index is -0.504. The number of pyridine rings is 1. The molecule has 146 valence electrons. The van der Waals surface area contributed by atoms with Crippen LogP contribution in [-0.4, -0.2) is 44.4 Å². The summed E-state index contributed by atoms with van der Waals surface area (Å²) >= 11 is 0. The summed E-state index contributed by atoms with van der Waals surface area (Å²) in [6.45, 7) is 10.8. The van der Waals surface area contributed by atoms with Gasteiger partial charge in [0.25, 0.3) is 0 Å². The number of carbonyl (C=O) groups excluding carboxylic acids is 1. The van der Waals surface area contributed by atoms with E-state index in [2.05, 4.69) is 10.1 Å². The van der Waals surface area contributed by atoms with E-state index in [-0.39, 0.29) is 6.09 Å². The third kappa shape index (κ3) is 3.63. The van der Waals surface area contributed by atoms with Gasteiger partial charge < -0.3 is 14.4 Å². The van der Waals surface area contributed by atoms with Crippen molar-refractivity contribution in [2.75, 3.05) is 13.1 Å². The Labute approximate surface area is 160 Å². The predicted molar refractivity (Wildman–Crippen MR) is 102 cm³/mol. The Morgan fingerprint density at radius 2 is 1.89 bits per heavy atom. The fourth-order valence-electron chi connectivity index (χ4n) is 3.43. The van der Waals surface area contributed by atoms with Gasteiger partial charge in [-0.15, -0.1) is 0 Å². The lowest BCUT2D eigenvalue weighted by Crippen LogP contribution is -2.51. The van der Waals surface area contributed by atoms with Crippen LogP contribution in [0.3, 0.4) is 0 Å². The van der Waals surface area contributed by atoms with Crippen molar-refractivity contribution in [1.29, 1.82) is 0 Å².